The van der Waals surface area contributed by atoms with Crippen molar-refractivity contribution in [2.24, 2.45) is 11.8 Å². The van der Waals surface area contributed by atoms with Crippen LogP contribution in [0.2, 0.25) is 0 Å². The van der Waals surface area contributed by atoms with Gasteiger partial charge in [-0.15, -0.1) is 0 Å². The van der Waals surface area contributed by atoms with Crippen LogP contribution in [0.3, 0.4) is 0 Å². The van der Waals surface area contributed by atoms with Crippen LogP contribution in [0.15, 0.2) is 12.7 Å². The fourth-order valence-electron chi connectivity index (χ4n) is 1.89. The van der Waals surface area contributed by atoms with Crippen molar-refractivity contribution in [3.05, 3.63) is 12.7 Å². The summed E-state index contributed by atoms with van der Waals surface area (Å²) in [5.41, 5.74) is 0. The number of hydrogen-bond acceptors (Lipinski definition) is 1. The normalized spacial score (nSPS) is 29.8. The maximum absolute atomic E-state index is 5.24. The number of methoxy groups -OCH3 is 1. The van der Waals surface area contributed by atoms with Gasteiger partial charge in [-0.2, -0.15) is 0 Å². The molecule has 1 fully saturated rings. The van der Waals surface area contributed by atoms with Gasteiger partial charge in [-0.3, -0.25) is 0 Å². The van der Waals surface area contributed by atoms with Crippen LogP contribution >= 0.6 is 0 Å². The number of rotatable bonds is 3. The molecule has 1 rings (SSSR count). The van der Waals surface area contributed by atoms with E-state index in [2.05, 4.69) is 28.5 Å². The molecule has 68 valence electrons. The van der Waals surface area contributed by atoms with E-state index >= 15 is 0 Å². The standard InChI is InChI=1S/C10H16O.Cr/c1-3-9-6-4-5-7-10(9)8-11-2;/h3,9-10H,1,4-7H2,2H3;/t9-,10+;/m1./s1. The number of ether oxygens (including phenoxy) is 1. The minimum absolute atomic E-state index is 0.571. The van der Waals surface area contributed by atoms with Gasteiger partial charge in [0.2, 0.25) is 0 Å². The topological polar surface area (TPSA) is 9.23 Å². The first kappa shape index (κ1) is 10.2. The van der Waals surface area contributed by atoms with Gasteiger partial charge in [0.25, 0.3) is 0 Å². The molecule has 0 N–H and O–H groups in total. The van der Waals surface area contributed by atoms with Crippen LogP contribution in [0.4, 0.5) is 0 Å². The van der Waals surface area contributed by atoms with E-state index in [1.807, 2.05) is 0 Å². The zero-order valence-electron chi connectivity index (χ0n) is 7.58. The molecule has 1 nitrogen and oxygen atoms in total. The summed E-state index contributed by atoms with van der Waals surface area (Å²) in [6.45, 7) is 3.87. The summed E-state index contributed by atoms with van der Waals surface area (Å²) in [7, 11) is 1.74. The van der Waals surface area contributed by atoms with Crippen molar-refractivity contribution in [2.45, 2.75) is 25.7 Å². The summed E-state index contributed by atoms with van der Waals surface area (Å²) >= 11 is 3.01. The van der Waals surface area contributed by atoms with E-state index in [0.29, 0.717) is 11.8 Å². The summed E-state index contributed by atoms with van der Waals surface area (Å²) in [5, 5.41) is 0. The quantitative estimate of drug-likeness (QED) is 0.641. The molecule has 0 radical (unpaired) electrons. The molecule has 0 heterocycles. The van der Waals surface area contributed by atoms with E-state index in [4.69, 9.17) is 4.74 Å². The van der Waals surface area contributed by atoms with Gasteiger partial charge in [-0.1, -0.05) is 0 Å². The molecule has 2 heteroatoms. The van der Waals surface area contributed by atoms with E-state index in [1.165, 1.54) is 25.7 Å². The van der Waals surface area contributed by atoms with Crippen molar-refractivity contribution in [3.63, 3.8) is 0 Å². The Bertz CT molecular complexity index is 177. The second kappa shape index (κ2) is 4.97. The monoisotopic (exact) mass is 204 g/mol. The first-order chi connectivity index (χ1) is 5.79. The van der Waals surface area contributed by atoms with E-state index in [-0.39, 0.29) is 0 Å². The first-order valence-corrected chi connectivity index (χ1v) is 5.13. The molecule has 0 unspecified atom stereocenters. The molecule has 12 heavy (non-hydrogen) atoms. The summed E-state index contributed by atoms with van der Waals surface area (Å²) in [4.78, 5) is 0. The van der Waals surface area contributed by atoms with Crippen molar-refractivity contribution < 1.29 is 20.6 Å². The number of allylic oxidation sites excluding steroid dienone is 1. The SMILES string of the molecule is C=C[C@@H]1CCCC[C@H]1[C](=[Cr])OC. The molecule has 0 amide bonds. The maximum atomic E-state index is 5.24. The second-order valence-corrected chi connectivity index (χ2v) is 3.94. The van der Waals surface area contributed by atoms with Crippen molar-refractivity contribution in [1.82, 2.24) is 0 Å². The first-order valence-electron chi connectivity index (χ1n) is 4.50. The van der Waals surface area contributed by atoms with Crippen molar-refractivity contribution in [3.8, 4) is 0 Å². The molecule has 2 atom stereocenters. The Labute approximate surface area is 82.8 Å². The van der Waals surface area contributed by atoms with Crippen LogP contribution in [-0.2, 0) is 20.6 Å². The van der Waals surface area contributed by atoms with E-state index in [0.717, 1.165) is 4.57 Å². The second-order valence-electron chi connectivity index (χ2n) is 3.31. The average Bonchev–Trinajstić information content (AvgIpc) is 2.16. The number of hydrogen-bond donors (Lipinski definition) is 0. The van der Waals surface area contributed by atoms with Crippen LogP contribution < -0.4 is 0 Å². The molecule has 0 aromatic carbocycles. The van der Waals surface area contributed by atoms with Crippen LogP contribution in [0.5, 0.6) is 0 Å². The summed E-state index contributed by atoms with van der Waals surface area (Å²) in [6, 6.07) is 0. The molecule has 0 aromatic rings. The van der Waals surface area contributed by atoms with E-state index in [1.54, 1.807) is 7.11 Å². The Morgan fingerprint density at radius 1 is 1.50 bits per heavy atom. The zero-order chi connectivity index (χ0) is 8.97. The Hall–Kier alpha value is 0.102. The predicted molar refractivity (Wildman–Crippen MR) is 47.7 cm³/mol. The summed E-state index contributed by atoms with van der Waals surface area (Å²) in [6.07, 6.45) is 7.24. The summed E-state index contributed by atoms with van der Waals surface area (Å²) < 4.78 is 6.29. The van der Waals surface area contributed by atoms with Crippen molar-refractivity contribution in [1.29, 1.82) is 0 Å². The molecule has 0 bridgehead atoms. The van der Waals surface area contributed by atoms with Crippen LogP contribution in [0, 0.1) is 11.8 Å². The Morgan fingerprint density at radius 3 is 2.75 bits per heavy atom. The van der Waals surface area contributed by atoms with E-state index in [9.17, 15) is 0 Å². The minimum atomic E-state index is 0.571. The third-order valence-electron chi connectivity index (χ3n) is 2.63. The van der Waals surface area contributed by atoms with Gasteiger partial charge in [0.05, 0.1) is 0 Å². The van der Waals surface area contributed by atoms with Gasteiger partial charge in [0.1, 0.15) is 0 Å². The fraction of sp³-hybridized carbons (Fsp3) is 0.700. The molecule has 0 saturated heterocycles. The van der Waals surface area contributed by atoms with Gasteiger partial charge in [-0.05, 0) is 0 Å². The third-order valence-corrected chi connectivity index (χ3v) is 3.36. The van der Waals surface area contributed by atoms with Crippen molar-refractivity contribution in [2.75, 3.05) is 7.11 Å². The fourth-order valence-corrected chi connectivity index (χ4v) is 2.34. The van der Waals surface area contributed by atoms with Crippen molar-refractivity contribution >= 4 is 4.57 Å². The molecule has 0 aromatic heterocycles. The predicted octanol–water partition coefficient (Wildman–Crippen LogP) is 2.30. The molecule has 0 spiro atoms. The van der Waals surface area contributed by atoms with Gasteiger partial charge < -0.3 is 0 Å². The van der Waals surface area contributed by atoms with Crippen LogP contribution in [0.1, 0.15) is 25.7 Å². The van der Waals surface area contributed by atoms with Crippen LogP contribution in [-0.4, -0.2) is 11.7 Å². The summed E-state index contributed by atoms with van der Waals surface area (Å²) in [5.74, 6) is 1.19. The Kier molecular flexibility index (Phi) is 4.22. The van der Waals surface area contributed by atoms with Gasteiger partial charge >= 0.3 is 82.4 Å². The molecule has 1 aliphatic carbocycles. The molecular formula is C10H16CrO. The van der Waals surface area contributed by atoms with Gasteiger partial charge in [0.15, 0.2) is 0 Å². The molecule has 0 aliphatic heterocycles. The van der Waals surface area contributed by atoms with Gasteiger partial charge in [-0.25, -0.2) is 0 Å². The molecule has 1 saturated carbocycles. The molecule has 1 aliphatic rings. The Morgan fingerprint density at radius 2 is 2.17 bits per heavy atom. The molecular weight excluding hydrogens is 188 g/mol. The van der Waals surface area contributed by atoms with Crippen LogP contribution in [0.25, 0.3) is 0 Å². The zero-order valence-corrected chi connectivity index (χ0v) is 8.86. The van der Waals surface area contributed by atoms with E-state index < -0.39 is 0 Å². The Balaban J connectivity index is 2.58. The third kappa shape index (κ3) is 2.29. The average molecular weight is 204 g/mol. The van der Waals surface area contributed by atoms with Gasteiger partial charge in [0, 0.05) is 0 Å².